The molecule has 0 fully saturated rings. The van der Waals surface area contributed by atoms with Crippen LogP contribution in [0.5, 0.6) is 0 Å². The molecule has 1 amide bonds. The number of hydrazine groups is 1. The summed E-state index contributed by atoms with van der Waals surface area (Å²) < 4.78 is 2.11. The molecule has 0 aliphatic heterocycles. The van der Waals surface area contributed by atoms with E-state index >= 15 is 0 Å². The second-order valence-corrected chi connectivity index (χ2v) is 4.97. The maximum Gasteiger partial charge on any atom is 0.270 e. The number of para-hydroxylation sites is 1. The normalized spacial score (nSPS) is 10.5. The lowest BCUT2D eigenvalue weighted by Crippen LogP contribution is -2.31. The average molecular weight is 310 g/mol. The predicted octanol–water partition coefficient (Wildman–Crippen LogP) is 1.69. The number of carbonyl (C=O) groups is 2. The number of nitrogens with zero attached hydrogens (tertiary/aromatic N) is 2. The van der Waals surface area contributed by atoms with E-state index in [-0.39, 0.29) is 11.8 Å². The van der Waals surface area contributed by atoms with Crippen molar-refractivity contribution in [3.63, 3.8) is 0 Å². The summed E-state index contributed by atoms with van der Waals surface area (Å²) in [5.41, 5.74) is 7.08. The second-order valence-electron chi connectivity index (χ2n) is 4.97. The maximum atomic E-state index is 12.0. The molecule has 3 rings (SSSR count). The molecule has 0 aliphatic carbocycles. The number of fused-ring (bicyclic) bond motifs is 1. The summed E-state index contributed by atoms with van der Waals surface area (Å²) in [6.45, 7) is 1.47. The van der Waals surface area contributed by atoms with Crippen LogP contribution in [0.3, 0.4) is 0 Å². The lowest BCUT2D eigenvalue weighted by molar-refractivity contribution is -0.605. The van der Waals surface area contributed by atoms with Gasteiger partial charge in [0.05, 0.1) is 16.8 Å². The quantitative estimate of drug-likeness (QED) is 0.437. The Hall–Kier alpha value is -3.35. The van der Waals surface area contributed by atoms with Crippen LogP contribution in [0.2, 0.25) is 0 Å². The van der Waals surface area contributed by atoms with E-state index in [9.17, 15) is 14.8 Å². The zero-order valence-corrected chi connectivity index (χ0v) is 12.3. The Kier molecular flexibility index (Phi) is 3.68. The summed E-state index contributed by atoms with van der Waals surface area (Å²) in [7, 11) is 0. The van der Waals surface area contributed by atoms with Gasteiger partial charge in [-0.3, -0.25) is 25.0 Å². The van der Waals surface area contributed by atoms with Gasteiger partial charge in [-0.2, -0.15) is 4.73 Å². The van der Waals surface area contributed by atoms with Crippen molar-refractivity contribution in [1.82, 2.24) is 9.99 Å². The first kappa shape index (κ1) is 14.6. The summed E-state index contributed by atoms with van der Waals surface area (Å²) in [4.78, 5) is 23.7. The van der Waals surface area contributed by atoms with Crippen LogP contribution in [0.25, 0.3) is 10.9 Å². The number of hydrogen-bond donors (Lipinski definition) is 2. The Morgan fingerprint density at radius 1 is 1.13 bits per heavy atom. The molecule has 0 spiro atoms. The number of nitrogens with one attached hydrogen (secondary N) is 2. The van der Waals surface area contributed by atoms with Gasteiger partial charge < -0.3 is 5.21 Å². The van der Waals surface area contributed by atoms with Crippen molar-refractivity contribution in [2.45, 2.75) is 6.92 Å². The van der Waals surface area contributed by atoms with Crippen LogP contribution in [-0.2, 0) is 0 Å². The third kappa shape index (κ3) is 2.84. The Labute approximate surface area is 131 Å². The van der Waals surface area contributed by atoms with Crippen LogP contribution >= 0.6 is 0 Å². The van der Waals surface area contributed by atoms with E-state index in [0.717, 1.165) is 10.9 Å². The molecule has 0 saturated heterocycles. The van der Waals surface area contributed by atoms with Gasteiger partial charge in [-0.1, -0.05) is 18.2 Å². The van der Waals surface area contributed by atoms with Gasteiger partial charge in [0.2, 0.25) is 5.91 Å². The molecule has 116 valence electrons. The number of anilines is 1. The lowest BCUT2D eigenvalue weighted by atomic mass is 10.2. The van der Waals surface area contributed by atoms with Gasteiger partial charge in [0.15, 0.2) is 12.4 Å². The molecule has 0 aliphatic rings. The number of pyridine rings is 1. The van der Waals surface area contributed by atoms with Gasteiger partial charge in [0, 0.05) is 30.6 Å². The van der Waals surface area contributed by atoms with Gasteiger partial charge in [-0.15, -0.1) is 0 Å². The minimum absolute atomic E-state index is 0.122. The molecule has 0 unspecified atom stereocenters. The van der Waals surface area contributed by atoms with E-state index in [4.69, 9.17) is 0 Å². The van der Waals surface area contributed by atoms with Gasteiger partial charge >= 0.3 is 0 Å². The molecule has 0 bridgehead atoms. The zero-order valence-electron chi connectivity index (χ0n) is 12.3. The fraction of sp³-hybridized carbons (Fsp3) is 0.0625. The van der Waals surface area contributed by atoms with E-state index in [2.05, 4.69) is 10.9 Å². The number of benzene rings is 1. The summed E-state index contributed by atoms with van der Waals surface area (Å²) in [6, 6.07) is 10.2. The first-order valence-corrected chi connectivity index (χ1v) is 6.92. The highest BCUT2D eigenvalue weighted by atomic mass is 16.5. The molecule has 2 N–H and O–H groups in total. The van der Waals surface area contributed by atoms with E-state index in [1.54, 1.807) is 6.20 Å². The summed E-state index contributed by atoms with van der Waals surface area (Å²) >= 11 is 0. The van der Waals surface area contributed by atoms with Crippen LogP contribution in [-0.4, -0.2) is 16.4 Å². The molecule has 0 atom stereocenters. The third-order valence-electron chi connectivity index (χ3n) is 3.43. The van der Waals surface area contributed by atoms with Gasteiger partial charge in [0.25, 0.3) is 5.91 Å². The van der Waals surface area contributed by atoms with E-state index in [1.807, 2.05) is 24.3 Å². The smallest absolute Gasteiger partial charge is 0.270 e. The largest absolute Gasteiger partial charge is 0.619 e. The number of carbonyl (C=O) groups excluding carboxylic acids is 2. The lowest BCUT2D eigenvalue weighted by Gasteiger charge is -2.07. The van der Waals surface area contributed by atoms with Crippen molar-refractivity contribution < 1.29 is 14.3 Å². The van der Waals surface area contributed by atoms with Crippen molar-refractivity contribution >= 4 is 28.4 Å². The van der Waals surface area contributed by atoms with Crippen molar-refractivity contribution in [3.05, 3.63) is 65.8 Å². The number of rotatable bonds is 3. The number of aromatic nitrogens is 2. The predicted molar refractivity (Wildman–Crippen MR) is 84.7 cm³/mol. The molecule has 3 aromatic rings. The van der Waals surface area contributed by atoms with Crippen molar-refractivity contribution in [2.75, 3.05) is 5.43 Å². The van der Waals surface area contributed by atoms with Gasteiger partial charge in [-0.25, -0.2) is 0 Å². The molecule has 2 aromatic heterocycles. The number of hydrogen-bond acceptors (Lipinski definition) is 4. The minimum Gasteiger partial charge on any atom is -0.619 e. The Morgan fingerprint density at radius 2 is 1.83 bits per heavy atom. The van der Waals surface area contributed by atoms with Crippen LogP contribution in [0.15, 0.2) is 55.0 Å². The first-order chi connectivity index (χ1) is 11.1. The summed E-state index contributed by atoms with van der Waals surface area (Å²) in [6.07, 6.45) is 4.12. The summed E-state index contributed by atoms with van der Waals surface area (Å²) in [5.74, 6) is -0.506. The van der Waals surface area contributed by atoms with E-state index < -0.39 is 0 Å². The van der Waals surface area contributed by atoms with Crippen molar-refractivity contribution in [2.24, 2.45) is 0 Å². The molecule has 7 heteroatoms. The van der Waals surface area contributed by atoms with E-state index in [1.165, 1.54) is 36.0 Å². The van der Waals surface area contributed by atoms with Gasteiger partial charge in [-0.05, 0) is 6.07 Å². The fourth-order valence-electron chi connectivity index (χ4n) is 2.30. The van der Waals surface area contributed by atoms with Gasteiger partial charge in [0.1, 0.15) is 0 Å². The van der Waals surface area contributed by atoms with E-state index in [0.29, 0.717) is 16.0 Å². The van der Waals surface area contributed by atoms with Crippen molar-refractivity contribution in [1.29, 1.82) is 0 Å². The summed E-state index contributed by atoms with van der Waals surface area (Å²) in [5, 5.41) is 11.8. The van der Waals surface area contributed by atoms with Crippen LogP contribution in [0, 0.1) is 5.21 Å². The standard InChI is InChI=1S/C16H14N4O3/c1-11(21)20-10-14(13-4-2-3-5-15(13)20)17-18-16(22)12-6-8-19(23)9-7-12/h2-10,17H,1H3,(H,18,22). The maximum absolute atomic E-state index is 12.0. The fourth-order valence-corrected chi connectivity index (χ4v) is 2.30. The minimum atomic E-state index is -0.384. The van der Waals surface area contributed by atoms with Crippen LogP contribution < -0.4 is 15.6 Å². The van der Waals surface area contributed by atoms with Crippen LogP contribution in [0.4, 0.5) is 5.69 Å². The number of amides is 1. The first-order valence-electron chi connectivity index (χ1n) is 6.92. The second kappa shape index (κ2) is 5.80. The highest BCUT2D eigenvalue weighted by molar-refractivity contribution is 6.01. The van der Waals surface area contributed by atoms with Crippen LogP contribution in [0.1, 0.15) is 22.1 Å². The zero-order chi connectivity index (χ0) is 16.4. The Morgan fingerprint density at radius 3 is 2.52 bits per heavy atom. The molecule has 1 aromatic carbocycles. The Bertz CT molecular complexity index is 884. The SMILES string of the molecule is CC(=O)n1cc(NNC(=O)c2cc[n+]([O-])cc2)c2ccccc21. The monoisotopic (exact) mass is 310 g/mol. The molecular weight excluding hydrogens is 296 g/mol. The van der Waals surface area contributed by atoms with Crippen molar-refractivity contribution in [3.8, 4) is 0 Å². The molecule has 7 nitrogen and oxygen atoms in total. The molecule has 0 saturated carbocycles. The highest BCUT2D eigenvalue weighted by Gasteiger charge is 2.12. The molecule has 2 heterocycles. The average Bonchev–Trinajstić information content (AvgIpc) is 2.92. The highest BCUT2D eigenvalue weighted by Crippen LogP contribution is 2.25. The third-order valence-corrected chi connectivity index (χ3v) is 3.43. The molecule has 23 heavy (non-hydrogen) atoms. The molecular formula is C16H14N4O3. The Balaban J connectivity index is 1.83. The topological polar surface area (TPSA) is 90.1 Å². The molecule has 0 radical (unpaired) electrons.